The van der Waals surface area contributed by atoms with Gasteiger partial charge in [-0.25, -0.2) is 8.42 Å². The summed E-state index contributed by atoms with van der Waals surface area (Å²) in [5, 5.41) is 2.71. The first-order valence-electron chi connectivity index (χ1n) is 7.40. The van der Waals surface area contributed by atoms with Gasteiger partial charge in [0.25, 0.3) is 0 Å². The van der Waals surface area contributed by atoms with Gasteiger partial charge in [-0.15, -0.1) is 0 Å². The van der Waals surface area contributed by atoms with Crippen LogP contribution in [0.4, 0.5) is 0 Å². The number of amides is 1. The molecule has 24 heavy (non-hydrogen) atoms. The molecule has 0 aliphatic heterocycles. The number of carbonyl (C=O) groups is 1. The van der Waals surface area contributed by atoms with Gasteiger partial charge in [0.1, 0.15) is 5.75 Å². The third kappa shape index (κ3) is 4.81. The largest absolute Gasteiger partial charge is 0.497 e. The average Bonchev–Trinajstić information content (AvgIpc) is 2.60. The number of sulfonamides is 1. The maximum atomic E-state index is 12.3. The van der Waals surface area contributed by atoms with Crippen LogP contribution >= 0.6 is 0 Å². The summed E-state index contributed by atoms with van der Waals surface area (Å²) < 4.78 is 31.9. The molecule has 1 atom stereocenters. The van der Waals surface area contributed by atoms with Gasteiger partial charge in [-0.3, -0.25) is 4.79 Å². The molecule has 0 saturated heterocycles. The second-order valence-electron chi connectivity index (χ2n) is 5.22. The van der Waals surface area contributed by atoms with Gasteiger partial charge in [0.15, 0.2) is 0 Å². The zero-order valence-corrected chi connectivity index (χ0v) is 14.3. The standard InChI is InChI=1S/C17H20N2O4S/c1-13(17(20)18-12-14-6-4-3-5-7-14)19-24(21,22)16-10-8-15(23-2)9-11-16/h3-11,13,19H,12H2,1-2H3,(H,18,20)/t13-/m1/s1. The molecule has 0 aliphatic rings. The van der Waals surface area contributed by atoms with Crippen molar-refractivity contribution in [1.29, 1.82) is 0 Å². The van der Waals surface area contributed by atoms with Crippen molar-refractivity contribution in [2.45, 2.75) is 24.4 Å². The first-order valence-corrected chi connectivity index (χ1v) is 8.89. The topological polar surface area (TPSA) is 84.5 Å². The molecule has 0 unspecified atom stereocenters. The summed E-state index contributed by atoms with van der Waals surface area (Å²) in [6.45, 7) is 1.84. The maximum Gasteiger partial charge on any atom is 0.241 e. The van der Waals surface area contributed by atoms with Crippen molar-refractivity contribution in [1.82, 2.24) is 10.0 Å². The van der Waals surface area contributed by atoms with Crippen molar-refractivity contribution in [3.05, 3.63) is 60.2 Å². The van der Waals surface area contributed by atoms with Crippen molar-refractivity contribution in [2.75, 3.05) is 7.11 Å². The second-order valence-corrected chi connectivity index (χ2v) is 6.94. The van der Waals surface area contributed by atoms with E-state index in [4.69, 9.17) is 4.74 Å². The van der Waals surface area contributed by atoms with Crippen molar-refractivity contribution in [3.8, 4) is 5.75 Å². The van der Waals surface area contributed by atoms with Crippen molar-refractivity contribution in [2.24, 2.45) is 0 Å². The van der Waals surface area contributed by atoms with Gasteiger partial charge >= 0.3 is 0 Å². The summed E-state index contributed by atoms with van der Waals surface area (Å²) in [4.78, 5) is 12.1. The number of nitrogens with one attached hydrogen (secondary N) is 2. The Hall–Kier alpha value is -2.38. The lowest BCUT2D eigenvalue weighted by Crippen LogP contribution is -2.44. The highest BCUT2D eigenvalue weighted by Gasteiger charge is 2.21. The first-order chi connectivity index (χ1) is 11.4. The number of hydrogen-bond acceptors (Lipinski definition) is 4. The summed E-state index contributed by atoms with van der Waals surface area (Å²) in [6, 6.07) is 14.5. The van der Waals surface area contributed by atoms with Crippen LogP contribution in [-0.2, 0) is 21.4 Å². The van der Waals surface area contributed by atoms with Crippen molar-refractivity contribution >= 4 is 15.9 Å². The van der Waals surface area contributed by atoms with Gasteiger partial charge in [-0.1, -0.05) is 30.3 Å². The van der Waals surface area contributed by atoms with Crippen LogP contribution in [-0.4, -0.2) is 27.5 Å². The first kappa shape index (κ1) is 18.0. The third-order valence-electron chi connectivity index (χ3n) is 3.40. The van der Waals surface area contributed by atoms with Crippen LogP contribution in [0.5, 0.6) is 5.75 Å². The Morgan fingerprint density at radius 1 is 1.08 bits per heavy atom. The SMILES string of the molecule is COc1ccc(S(=O)(=O)N[C@H](C)C(=O)NCc2ccccc2)cc1. The van der Waals surface area contributed by atoms with Crippen molar-refractivity contribution in [3.63, 3.8) is 0 Å². The Morgan fingerprint density at radius 3 is 2.29 bits per heavy atom. The van der Waals surface area contributed by atoms with Gasteiger partial charge in [0, 0.05) is 6.54 Å². The normalized spacial score (nSPS) is 12.4. The van der Waals surface area contributed by atoms with E-state index in [1.165, 1.54) is 26.2 Å². The predicted octanol–water partition coefficient (Wildman–Crippen LogP) is 1.68. The van der Waals surface area contributed by atoms with Crippen LogP contribution in [0.25, 0.3) is 0 Å². The minimum absolute atomic E-state index is 0.0750. The van der Waals surface area contributed by atoms with Crippen LogP contribution in [0.15, 0.2) is 59.5 Å². The van der Waals surface area contributed by atoms with Gasteiger partial charge in [0.2, 0.25) is 15.9 Å². The lowest BCUT2D eigenvalue weighted by Gasteiger charge is -2.14. The Labute approximate surface area is 141 Å². The molecular weight excluding hydrogens is 328 g/mol. The minimum atomic E-state index is -3.78. The quantitative estimate of drug-likeness (QED) is 0.797. The minimum Gasteiger partial charge on any atom is -0.497 e. The smallest absolute Gasteiger partial charge is 0.241 e. The molecule has 0 aromatic heterocycles. The Kier molecular flexibility index (Phi) is 5.94. The van der Waals surface area contributed by atoms with E-state index in [2.05, 4.69) is 10.0 Å². The Bertz CT molecular complexity index is 774. The summed E-state index contributed by atoms with van der Waals surface area (Å²) >= 11 is 0. The highest BCUT2D eigenvalue weighted by Crippen LogP contribution is 2.15. The fourth-order valence-electron chi connectivity index (χ4n) is 2.05. The zero-order chi connectivity index (χ0) is 17.6. The van der Waals surface area contributed by atoms with Crippen LogP contribution in [0.2, 0.25) is 0 Å². The molecule has 0 saturated carbocycles. The fourth-order valence-corrected chi connectivity index (χ4v) is 3.25. The van der Waals surface area contributed by atoms with E-state index in [0.29, 0.717) is 12.3 Å². The van der Waals surface area contributed by atoms with E-state index in [0.717, 1.165) is 5.56 Å². The Morgan fingerprint density at radius 2 is 1.71 bits per heavy atom. The van der Waals surface area contributed by atoms with E-state index in [-0.39, 0.29) is 4.90 Å². The molecule has 2 aromatic carbocycles. The van der Waals surface area contributed by atoms with E-state index in [1.807, 2.05) is 30.3 Å². The summed E-state index contributed by atoms with van der Waals surface area (Å²) in [5.41, 5.74) is 0.941. The fraction of sp³-hybridized carbons (Fsp3) is 0.235. The van der Waals surface area contributed by atoms with Crippen LogP contribution in [0.3, 0.4) is 0 Å². The molecule has 0 radical (unpaired) electrons. The number of rotatable bonds is 7. The molecule has 0 bridgehead atoms. The summed E-state index contributed by atoms with van der Waals surface area (Å²) in [7, 11) is -2.28. The highest BCUT2D eigenvalue weighted by atomic mass is 32.2. The van der Waals surface area contributed by atoms with Crippen LogP contribution in [0, 0.1) is 0 Å². The number of hydrogen-bond donors (Lipinski definition) is 2. The van der Waals surface area contributed by atoms with E-state index >= 15 is 0 Å². The third-order valence-corrected chi connectivity index (χ3v) is 4.96. The molecule has 2 aromatic rings. The molecule has 0 heterocycles. The van der Waals surface area contributed by atoms with Gasteiger partial charge in [0.05, 0.1) is 18.0 Å². The van der Waals surface area contributed by atoms with Gasteiger partial charge in [-0.05, 0) is 36.8 Å². The monoisotopic (exact) mass is 348 g/mol. The van der Waals surface area contributed by atoms with E-state index < -0.39 is 22.0 Å². The molecule has 7 heteroatoms. The molecule has 0 aliphatic carbocycles. The molecular formula is C17H20N2O4S. The maximum absolute atomic E-state index is 12.3. The molecule has 2 N–H and O–H groups in total. The molecule has 0 spiro atoms. The number of ether oxygens (including phenoxy) is 1. The molecule has 0 fully saturated rings. The number of benzene rings is 2. The Balaban J connectivity index is 1.96. The van der Waals surface area contributed by atoms with Crippen molar-refractivity contribution < 1.29 is 17.9 Å². The molecule has 6 nitrogen and oxygen atoms in total. The second kappa shape index (κ2) is 7.94. The predicted molar refractivity (Wildman–Crippen MR) is 91.1 cm³/mol. The van der Waals surface area contributed by atoms with Gasteiger partial charge < -0.3 is 10.1 Å². The average molecular weight is 348 g/mol. The van der Waals surface area contributed by atoms with Gasteiger partial charge in [-0.2, -0.15) is 4.72 Å². The number of carbonyl (C=O) groups excluding carboxylic acids is 1. The van der Waals surface area contributed by atoms with Crippen LogP contribution in [0.1, 0.15) is 12.5 Å². The van der Waals surface area contributed by atoms with Crippen LogP contribution < -0.4 is 14.8 Å². The van der Waals surface area contributed by atoms with E-state index in [1.54, 1.807) is 12.1 Å². The lowest BCUT2D eigenvalue weighted by molar-refractivity contribution is -0.122. The van der Waals surface area contributed by atoms with E-state index in [9.17, 15) is 13.2 Å². The molecule has 2 rings (SSSR count). The zero-order valence-electron chi connectivity index (χ0n) is 13.5. The lowest BCUT2D eigenvalue weighted by atomic mass is 10.2. The molecule has 1 amide bonds. The summed E-state index contributed by atoms with van der Waals surface area (Å²) in [6.07, 6.45) is 0. The number of methoxy groups -OCH3 is 1. The molecule has 128 valence electrons. The highest BCUT2D eigenvalue weighted by molar-refractivity contribution is 7.89. The summed E-state index contributed by atoms with van der Waals surface area (Å²) in [5.74, 6) is 0.165.